The summed E-state index contributed by atoms with van der Waals surface area (Å²) in [4.78, 5) is 0. The number of phenols is 4. The Labute approximate surface area is 204 Å². The van der Waals surface area contributed by atoms with Gasteiger partial charge in [0.2, 0.25) is 0 Å². The third-order valence-electron chi connectivity index (χ3n) is 8.61. The smallest absolute Gasteiger partial charge is 0.123 e. The summed E-state index contributed by atoms with van der Waals surface area (Å²) in [5.74, 6) is 1.52. The van der Waals surface area contributed by atoms with Gasteiger partial charge in [-0.2, -0.15) is 0 Å². The van der Waals surface area contributed by atoms with Gasteiger partial charge in [-0.3, -0.25) is 0 Å². The van der Waals surface area contributed by atoms with Crippen LogP contribution < -0.4 is 0 Å². The lowest BCUT2D eigenvalue weighted by atomic mass is 9.57. The lowest BCUT2D eigenvalue weighted by Gasteiger charge is -2.45. The van der Waals surface area contributed by atoms with Crippen LogP contribution in [0.2, 0.25) is 0 Å². The zero-order valence-corrected chi connectivity index (χ0v) is 22.0. The Morgan fingerprint density at radius 1 is 0.735 bits per heavy atom. The minimum Gasteiger partial charge on any atom is -0.508 e. The van der Waals surface area contributed by atoms with Crippen molar-refractivity contribution in [2.75, 3.05) is 0 Å². The number of aromatic hydroxyl groups is 4. The molecule has 0 amide bonds. The van der Waals surface area contributed by atoms with Crippen LogP contribution in [-0.4, -0.2) is 20.4 Å². The first-order valence-corrected chi connectivity index (χ1v) is 12.8. The number of hydrogen-bond donors (Lipinski definition) is 4. The van der Waals surface area contributed by atoms with Gasteiger partial charge in [-0.1, -0.05) is 55.4 Å². The Hall–Kier alpha value is -2.36. The van der Waals surface area contributed by atoms with Crippen molar-refractivity contribution < 1.29 is 20.4 Å². The molecule has 0 heterocycles. The average molecular weight is 467 g/mol. The molecule has 1 spiro atoms. The standard InChI is InChI=1S/C30H42O4/c1-16(2)13-28(7)15-30(25-21(28)9-19(31)11-23(25)33)26-22(10-20(32)12-24(26)34)29(8,14-17(3)4)27(30)18(5)6/h9-12,16-18,27,31-34H,13-15H2,1-8H3. The molecule has 4 unspecified atom stereocenters. The van der Waals surface area contributed by atoms with Gasteiger partial charge in [0.1, 0.15) is 23.0 Å². The van der Waals surface area contributed by atoms with E-state index in [1.54, 1.807) is 0 Å². The molecule has 4 nitrogen and oxygen atoms in total. The van der Waals surface area contributed by atoms with Crippen molar-refractivity contribution in [2.45, 2.75) is 90.9 Å². The highest BCUT2D eigenvalue weighted by Crippen LogP contribution is 2.72. The molecule has 2 aromatic rings. The molecule has 4 N–H and O–H groups in total. The van der Waals surface area contributed by atoms with Gasteiger partial charge in [-0.15, -0.1) is 0 Å². The minimum absolute atomic E-state index is 0.0717. The van der Waals surface area contributed by atoms with Crippen molar-refractivity contribution >= 4 is 0 Å². The Morgan fingerprint density at radius 3 is 1.68 bits per heavy atom. The van der Waals surface area contributed by atoms with Crippen LogP contribution in [0.4, 0.5) is 0 Å². The molecule has 0 radical (unpaired) electrons. The maximum Gasteiger partial charge on any atom is 0.123 e. The van der Waals surface area contributed by atoms with Gasteiger partial charge in [0.25, 0.3) is 0 Å². The van der Waals surface area contributed by atoms with Crippen molar-refractivity contribution in [1.82, 2.24) is 0 Å². The average Bonchev–Trinajstić information content (AvgIpc) is 2.99. The maximum absolute atomic E-state index is 11.4. The molecule has 2 aromatic carbocycles. The second-order valence-corrected chi connectivity index (χ2v) is 12.8. The van der Waals surface area contributed by atoms with Gasteiger partial charge in [0.15, 0.2) is 0 Å². The lowest BCUT2D eigenvalue weighted by Crippen LogP contribution is -2.44. The van der Waals surface area contributed by atoms with Gasteiger partial charge in [0.05, 0.1) is 0 Å². The molecule has 0 saturated heterocycles. The summed E-state index contributed by atoms with van der Waals surface area (Å²) in [6.07, 6.45) is 2.56. The predicted octanol–water partition coefficient (Wildman–Crippen LogP) is 7.09. The normalized spacial score (nSPS) is 30.0. The molecule has 2 aliphatic rings. The van der Waals surface area contributed by atoms with E-state index in [1.807, 2.05) is 12.1 Å². The fourth-order valence-electron chi connectivity index (χ4n) is 8.71. The fraction of sp³-hybridized carbons (Fsp3) is 0.600. The molecular weight excluding hydrogens is 424 g/mol. The van der Waals surface area contributed by atoms with Crippen LogP contribution in [0, 0.1) is 23.7 Å². The van der Waals surface area contributed by atoms with Crippen LogP contribution in [0.3, 0.4) is 0 Å². The molecule has 4 heteroatoms. The Balaban J connectivity index is 2.17. The number of benzene rings is 2. The van der Waals surface area contributed by atoms with Crippen molar-refractivity contribution in [2.24, 2.45) is 23.7 Å². The monoisotopic (exact) mass is 466 g/mol. The van der Waals surface area contributed by atoms with Gasteiger partial charge < -0.3 is 20.4 Å². The molecule has 2 aliphatic carbocycles. The first kappa shape index (κ1) is 24.8. The van der Waals surface area contributed by atoms with Gasteiger partial charge in [-0.25, -0.2) is 0 Å². The summed E-state index contributed by atoms with van der Waals surface area (Å²) in [6.45, 7) is 17.9. The van der Waals surface area contributed by atoms with E-state index >= 15 is 0 Å². The zero-order chi connectivity index (χ0) is 25.4. The number of fused-ring (bicyclic) bond motifs is 4. The van der Waals surface area contributed by atoms with Crippen LogP contribution in [-0.2, 0) is 16.2 Å². The number of phenolic OH excluding ortho intramolecular Hbond substituents is 4. The third-order valence-corrected chi connectivity index (χ3v) is 8.61. The van der Waals surface area contributed by atoms with E-state index in [1.165, 1.54) is 12.1 Å². The van der Waals surface area contributed by atoms with Crippen LogP contribution >= 0.6 is 0 Å². The summed E-state index contributed by atoms with van der Waals surface area (Å²) in [5.41, 5.74) is 2.46. The van der Waals surface area contributed by atoms with Gasteiger partial charge in [-0.05, 0) is 77.0 Å². The topological polar surface area (TPSA) is 80.9 Å². The van der Waals surface area contributed by atoms with E-state index in [4.69, 9.17) is 0 Å². The fourth-order valence-corrected chi connectivity index (χ4v) is 8.71. The second-order valence-electron chi connectivity index (χ2n) is 12.8. The van der Waals surface area contributed by atoms with E-state index in [0.717, 1.165) is 41.5 Å². The van der Waals surface area contributed by atoms with Crippen LogP contribution in [0.15, 0.2) is 24.3 Å². The number of hydrogen-bond acceptors (Lipinski definition) is 4. The Kier molecular flexibility index (Phi) is 5.70. The van der Waals surface area contributed by atoms with E-state index < -0.39 is 5.41 Å². The van der Waals surface area contributed by atoms with E-state index in [0.29, 0.717) is 11.8 Å². The quantitative estimate of drug-likeness (QED) is 0.379. The summed E-state index contributed by atoms with van der Waals surface area (Å²) in [5, 5.41) is 44.0. The first-order chi connectivity index (χ1) is 15.7. The number of rotatable bonds is 5. The molecular formula is C30H42O4. The van der Waals surface area contributed by atoms with E-state index in [2.05, 4.69) is 55.4 Å². The zero-order valence-electron chi connectivity index (χ0n) is 22.0. The van der Waals surface area contributed by atoms with Crippen molar-refractivity contribution in [3.63, 3.8) is 0 Å². The maximum atomic E-state index is 11.4. The lowest BCUT2D eigenvalue weighted by molar-refractivity contribution is 0.125. The van der Waals surface area contributed by atoms with E-state index in [9.17, 15) is 20.4 Å². The highest BCUT2D eigenvalue weighted by Gasteiger charge is 2.66. The summed E-state index contributed by atoms with van der Waals surface area (Å²) in [6, 6.07) is 6.58. The van der Waals surface area contributed by atoms with Crippen LogP contribution in [0.25, 0.3) is 0 Å². The minimum atomic E-state index is -0.623. The largest absolute Gasteiger partial charge is 0.508 e. The first-order valence-electron chi connectivity index (χ1n) is 12.8. The summed E-state index contributed by atoms with van der Waals surface area (Å²) < 4.78 is 0. The van der Waals surface area contributed by atoms with Crippen molar-refractivity contribution in [1.29, 1.82) is 0 Å². The van der Waals surface area contributed by atoms with Crippen molar-refractivity contribution in [3.05, 3.63) is 46.5 Å². The van der Waals surface area contributed by atoms with Crippen molar-refractivity contribution in [3.8, 4) is 23.0 Å². The molecule has 0 aromatic heterocycles. The van der Waals surface area contributed by atoms with Gasteiger partial charge >= 0.3 is 0 Å². The highest BCUT2D eigenvalue weighted by atomic mass is 16.3. The highest BCUT2D eigenvalue weighted by molar-refractivity contribution is 5.69. The second kappa shape index (κ2) is 7.83. The van der Waals surface area contributed by atoms with Crippen LogP contribution in [0.1, 0.15) is 96.9 Å². The Morgan fingerprint density at radius 2 is 1.21 bits per heavy atom. The third kappa shape index (κ3) is 3.31. The van der Waals surface area contributed by atoms with Gasteiger partial charge in [0, 0.05) is 28.7 Å². The molecule has 0 saturated carbocycles. The van der Waals surface area contributed by atoms with E-state index in [-0.39, 0.29) is 45.7 Å². The summed E-state index contributed by atoms with van der Waals surface area (Å²) >= 11 is 0. The molecule has 4 rings (SSSR count). The molecule has 186 valence electrons. The molecule has 4 atom stereocenters. The summed E-state index contributed by atoms with van der Waals surface area (Å²) in [7, 11) is 0. The molecule has 0 bridgehead atoms. The molecule has 0 fully saturated rings. The SMILES string of the molecule is CC(C)CC1(C)CC2(c3c(O)cc(O)cc31)c1c(O)cc(O)cc1C(C)(CC(C)C)C2C(C)C. The molecule has 0 aliphatic heterocycles. The molecule has 34 heavy (non-hydrogen) atoms. The Bertz CT molecular complexity index is 1100. The van der Waals surface area contributed by atoms with Crippen LogP contribution in [0.5, 0.6) is 23.0 Å². The predicted molar refractivity (Wildman–Crippen MR) is 137 cm³/mol.